The van der Waals surface area contributed by atoms with Crippen LogP contribution in [-0.4, -0.2) is 15.0 Å². The van der Waals surface area contributed by atoms with Gasteiger partial charge >= 0.3 is 5.69 Å². The van der Waals surface area contributed by atoms with Gasteiger partial charge in [-0.2, -0.15) is 0 Å². The van der Waals surface area contributed by atoms with Gasteiger partial charge in [0.25, 0.3) is 5.88 Å². The lowest BCUT2D eigenvalue weighted by atomic mass is 10.2. The van der Waals surface area contributed by atoms with Crippen LogP contribution in [0.5, 0.6) is 17.4 Å². The predicted molar refractivity (Wildman–Crippen MR) is 63.8 cm³/mol. The number of ether oxygens (including phenoxy) is 1. The predicted octanol–water partition coefficient (Wildman–Crippen LogP) is 2.80. The average Bonchev–Trinajstić information content (AvgIpc) is 2.31. The van der Waals surface area contributed by atoms with Crippen molar-refractivity contribution in [2.75, 3.05) is 0 Å². The van der Waals surface area contributed by atoms with Crippen molar-refractivity contribution in [3.63, 3.8) is 0 Å². The van der Waals surface area contributed by atoms with Crippen molar-refractivity contribution < 1.29 is 14.8 Å². The van der Waals surface area contributed by atoms with E-state index in [-0.39, 0.29) is 23.1 Å². The van der Waals surface area contributed by atoms with Gasteiger partial charge in [0.1, 0.15) is 0 Å². The molecule has 0 aliphatic carbocycles. The molecule has 0 saturated carbocycles. The number of nitro groups is 1. The molecule has 0 saturated heterocycles. The molecule has 0 unspecified atom stereocenters. The Bertz CT molecular complexity index is 598. The Morgan fingerprint density at radius 3 is 2.72 bits per heavy atom. The number of phenolic OH excluding ortho intramolecular Hbond substituents is 1. The van der Waals surface area contributed by atoms with E-state index in [1.807, 2.05) is 0 Å². The van der Waals surface area contributed by atoms with Crippen LogP contribution in [-0.2, 0) is 0 Å². The summed E-state index contributed by atoms with van der Waals surface area (Å²) in [5.41, 5.74) is 0.237. The molecular weight excluding hydrogens is 236 g/mol. The van der Waals surface area contributed by atoms with E-state index < -0.39 is 4.92 Å². The second kappa shape index (κ2) is 4.70. The zero-order chi connectivity index (χ0) is 13.1. The fourth-order valence-corrected chi connectivity index (χ4v) is 1.47. The second-order valence-electron chi connectivity index (χ2n) is 3.61. The van der Waals surface area contributed by atoms with E-state index in [0.717, 1.165) is 0 Å². The number of nitrogens with zero attached hydrogens (tertiary/aromatic N) is 2. The Balaban J connectivity index is 2.44. The number of hydrogen-bond acceptors (Lipinski definition) is 5. The monoisotopic (exact) mass is 246 g/mol. The van der Waals surface area contributed by atoms with Crippen molar-refractivity contribution in [3.05, 3.63) is 52.2 Å². The third-order valence-electron chi connectivity index (χ3n) is 2.35. The van der Waals surface area contributed by atoms with E-state index >= 15 is 0 Å². The maximum Gasteiger partial charge on any atom is 0.334 e. The maximum atomic E-state index is 10.9. The summed E-state index contributed by atoms with van der Waals surface area (Å²) in [5.74, 6) is -0.115. The molecule has 1 heterocycles. The van der Waals surface area contributed by atoms with Crippen LogP contribution < -0.4 is 4.74 Å². The average molecular weight is 246 g/mol. The molecule has 0 bridgehead atoms. The van der Waals surface area contributed by atoms with Gasteiger partial charge in [-0.15, -0.1) is 0 Å². The summed E-state index contributed by atoms with van der Waals surface area (Å²) >= 11 is 0. The minimum absolute atomic E-state index is 0.102. The lowest BCUT2D eigenvalue weighted by Gasteiger charge is -2.07. The summed E-state index contributed by atoms with van der Waals surface area (Å²) in [5, 5.41) is 20.5. The zero-order valence-corrected chi connectivity index (χ0v) is 9.53. The molecule has 2 aromatic rings. The van der Waals surface area contributed by atoms with E-state index in [1.54, 1.807) is 19.1 Å². The highest BCUT2D eigenvalue weighted by Crippen LogP contribution is 2.35. The van der Waals surface area contributed by atoms with Gasteiger partial charge in [-0.1, -0.05) is 12.1 Å². The van der Waals surface area contributed by atoms with Gasteiger partial charge in [-0.3, -0.25) is 10.1 Å². The van der Waals surface area contributed by atoms with Gasteiger partial charge in [-0.05, 0) is 25.1 Å². The molecule has 92 valence electrons. The van der Waals surface area contributed by atoms with Crippen LogP contribution in [0.15, 0.2) is 36.5 Å². The summed E-state index contributed by atoms with van der Waals surface area (Å²) in [7, 11) is 0. The number of hydrogen-bond donors (Lipinski definition) is 1. The standard InChI is InChI=1S/C12H10N2O4/c1-8-6-7-13-12(11(8)14(16)17)18-10-5-3-2-4-9(10)15/h2-7,15H,1H3. The molecule has 0 aliphatic rings. The van der Waals surface area contributed by atoms with Crippen molar-refractivity contribution in [1.29, 1.82) is 0 Å². The van der Waals surface area contributed by atoms with Crippen molar-refractivity contribution in [2.24, 2.45) is 0 Å². The largest absolute Gasteiger partial charge is 0.504 e. The van der Waals surface area contributed by atoms with E-state index in [4.69, 9.17) is 4.74 Å². The van der Waals surface area contributed by atoms with Gasteiger partial charge in [0.15, 0.2) is 11.5 Å². The first kappa shape index (κ1) is 11.8. The minimum atomic E-state index is -0.558. The molecule has 0 radical (unpaired) electrons. The molecule has 1 N–H and O–H groups in total. The quantitative estimate of drug-likeness (QED) is 0.664. The topological polar surface area (TPSA) is 85.5 Å². The fourth-order valence-electron chi connectivity index (χ4n) is 1.47. The van der Waals surface area contributed by atoms with Crippen LogP contribution in [0.4, 0.5) is 5.69 Å². The number of aromatic nitrogens is 1. The van der Waals surface area contributed by atoms with Crippen molar-refractivity contribution in [1.82, 2.24) is 4.98 Å². The summed E-state index contributed by atoms with van der Waals surface area (Å²) < 4.78 is 5.28. The van der Waals surface area contributed by atoms with Gasteiger partial charge in [0.05, 0.1) is 4.92 Å². The van der Waals surface area contributed by atoms with E-state index in [9.17, 15) is 15.2 Å². The molecular formula is C12H10N2O4. The first-order valence-electron chi connectivity index (χ1n) is 5.15. The molecule has 2 rings (SSSR count). The SMILES string of the molecule is Cc1ccnc(Oc2ccccc2O)c1[N+](=O)[O-]. The number of para-hydroxylation sites is 2. The van der Waals surface area contributed by atoms with Crippen molar-refractivity contribution in [3.8, 4) is 17.4 Å². The molecule has 18 heavy (non-hydrogen) atoms. The van der Waals surface area contributed by atoms with Crippen LogP contribution >= 0.6 is 0 Å². The first-order chi connectivity index (χ1) is 8.59. The fraction of sp³-hybridized carbons (Fsp3) is 0.0833. The number of phenols is 1. The number of aryl methyl sites for hydroxylation is 1. The second-order valence-corrected chi connectivity index (χ2v) is 3.61. The van der Waals surface area contributed by atoms with Crippen molar-refractivity contribution in [2.45, 2.75) is 6.92 Å². The Labute approximate surface area is 103 Å². The molecule has 0 atom stereocenters. The van der Waals surface area contributed by atoms with Crippen LogP contribution in [0.1, 0.15) is 5.56 Å². The molecule has 0 spiro atoms. The molecule has 6 nitrogen and oxygen atoms in total. The normalized spacial score (nSPS) is 10.1. The van der Waals surface area contributed by atoms with Gasteiger partial charge in [-0.25, -0.2) is 4.98 Å². The Hall–Kier alpha value is -2.63. The van der Waals surface area contributed by atoms with E-state index in [2.05, 4.69) is 4.98 Å². The summed E-state index contributed by atoms with van der Waals surface area (Å²) in [4.78, 5) is 14.2. The van der Waals surface area contributed by atoms with Gasteiger partial charge in [0, 0.05) is 11.8 Å². The number of benzene rings is 1. The van der Waals surface area contributed by atoms with Crippen molar-refractivity contribution >= 4 is 5.69 Å². The molecule has 0 amide bonds. The highest BCUT2D eigenvalue weighted by Gasteiger charge is 2.21. The summed E-state index contributed by atoms with van der Waals surface area (Å²) in [6, 6.07) is 7.73. The minimum Gasteiger partial charge on any atom is -0.504 e. The highest BCUT2D eigenvalue weighted by atomic mass is 16.6. The molecule has 0 fully saturated rings. The maximum absolute atomic E-state index is 10.9. The summed E-state index contributed by atoms with van der Waals surface area (Å²) in [6.45, 7) is 1.59. The molecule has 0 aliphatic heterocycles. The molecule has 1 aromatic heterocycles. The van der Waals surface area contributed by atoms with Crippen LogP contribution in [0.3, 0.4) is 0 Å². The number of pyridine rings is 1. The Morgan fingerprint density at radius 2 is 2.06 bits per heavy atom. The van der Waals surface area contributed by atoms with Gasteiger partial charge < -0.3 is 9.84 Å². The van der Waals surface area contributed by atoms with E-state index in [0.29, 0.717) is 5.56 Å². The van der Waals surface area contributed by atoms with E-state index in [1.165, 1.54) is 24.4 Å². The molecule has 6 heteroatoms. The smallest absolute Gasteiger partial charge is 0.334 e. The lowest BCUT2D eigenvalue weighted by molar-refractivity contribution is -0.386. The van der Waals surface area contributed by atoms with Gasteiger partial charge in [0.2, 0.25) is 0 Å². The Morgan fingerprint density at radius 1 is 1.33 bits per heavy atom. The number of aromatic hydroxyl groups is 1. The van der Waals surface area contributed by atoms with Crippen LogP contribution in [0.25, 0.3) is 0 Å². The Kier molecular flexibility index (Phi) is 3.09. The zero-order valence-electron chi connectivity index (χ0n) is 9.53. The third-order valence-corrected chi connectivity index (χ3v) is 2.35. The first-order valence-corrected chi connectivity index (χ1v) is 5.15. The lowest BCUT2D eigenvalue weighted by Crippen LogP contribution is -1.98. The van der Waals surface area contributed by atoms with Crippen LogP contribution in [0, 0.1) is 17.0 Å². The summed E-state index contributed by atoms with van der Waals surface area (Å²) in [6.07, 6.45) is 1.41. The van der Waals surface area contributed by atoms with Crippen LogP contribution in [0.2, 0.25) is 0 Å². The number of rotatable bonds is 3. The molecule has 1 aromatic carbocycles. The highest BCUT2D eigenvalue weighted by molar-refractivity contribution is 5.50. The third kappa shape index (κ3) is 2.22.